The predicted molar refractivity (Wildman–Crippen MR) is 112 cm³/mol. The lowest BCUT2D eigenvalue weighted by Gasteiger charge is -2.27. The number of ether oxygens (including phenoxy) is 2. The van der Waals surface area contributed by atoms with Crippen LogP contribution in [0.1, 0.15) is 6.42 Å². The fraction of sp³-hybridized carbons (Fsp3) is 0.333. The molecule has 158 valence electrons. The van der Waals surface area contributed by atoms with Gasteiger partial charge in [0, 0.05) is 18.8 Å². The number of thioether (sulfide) groups is 1. The molecule has 0 unspecified atom stereocenters. The lowest BCUT2D eigenvalue weighted by atomic mass is 10.3. The third-order valence-electron chi connectivity index (χ3n) is 4.58. The molecule has 1 saturated heterocycles. The Hall–Kier alpha value is -2.65. The molecule has 30 heavy (non-hydrogen) atoms. The minimum atomic E-state index is -0.308. The average Bonchev–Trinajstić information content (AvgIpc) is 3.19. The van der Waals surface area contributed by atoms with Crippen LogP contribution in [0.5, 0.6) is 5.75 Å². The van der Waals surface area contributed by atoms with Crippen LogP contribution in [-0.2, 0) is 4.74 Å². The Morgan fingerprint density at radius 3 is 2.57 bits per heavy atom. The van der Waals surface area contributed by atoms with Gasteiger partial charge >= 0.3 is 0 Å². The quantitative estimate of drug-likeness (QED) is 0.397. The van der Waals surface area contributed by atoms with Crippen molar-refractivity contribution < 1.29 is 18.3 Å². The van der Waals surface area contributed by atoms with Crippen molar-refractivity contribution in [3.8, 4) is 11.4 Å². The molecule has 2 aromatic carbocycles. The first kappa shape index (κ1) is 20.6. The van der Waals surface area contributed by atoms with Crippen molar-refractivity contribution in [2.75, 3.05) is 43.6 Å². The molecule has 1 aromatic heterocycles. The van der Waals surface area contributed by atoms with Gasteiger partial charge in [-0.3, -0.25) is 4.57 Å². The van der Waals surface area contributed by atoms with Gasteiger partial charge in [-0.05, 0) is 48.9 Å². The van der Waals surface area contributed by atoms with Crippen molar-refractivity contribution in [3.05, 3.63) is 60.2 Å². The zero-order chi connectivity index (χ0) is 20.8. The third-order valence-corrected chi connectivity index (χ3v) is 5.59. The molecule has 0 radical (unpaired) electrons. The monoisotopic (exact) mass is 432 g/mol. The highest BCUT2D eigenvalue weighted by atomic mass is 32.2. The van der Waals surface area contributed by atoms with Gasteiger partial charge < -0.3 is 14.4 Å². The summed E-state index contributed by atoms with van der Waals surface area (Å²) in [6.45, 7) is 3.18. The lowest BCUT2D eigenvalue weighted by molar-refractivity contribution is 0.122. The minimum Gasteiger partial charge on any atom is -0.494 e. The van der Waals surface area contributed by atoms with Gasteiger partial charge in [-0.2, -0.15) is 0 Å². The number of anilines is 1. The van der Waals surface area contributed by atoms with Crippen molar-refractivity contribution >= 4 is 17.7 Å². The van der Waals surface area contributed by atoms with Gasteiger partial charge in [-0.15, -0.1) is 10.2 Å². The molecule has 0 atom stereocenters. The molecule has 6 nitrogen and oxygen atoms in total. The maximum atomic E-state index is 13.9. The van der Waals surface area contributed by atoms with Crippen LogP contribution in [0, 0.1) is 11.6 Å². The van der Waals surface area contributed by atoms with Crippen LogP contribution >= 0.6 is 11.8 Å². The van der Waals surface area contributed by atoms with Gasteiger partial charge in [0.25, 0.3) is 0 Å². The van der Waals surface area contributed by atoms with E-state index in [1.54, 1.807) is 18.2 Å². The highest BCUT2D eigenvalue weighted by Crippen LogP contribution is 2.28. The number of morpholine rings is 1. The number of halogens is 2. The molecule has 0 bridgehead atoms. The molecular formula is C21H22F2N4O2S. The van der Waals surface area contributed by atoms with E-state index in [0.29, 0.717) is 55.5 Å². The second-order valence-corrected chi connectivity index (χ2v) is 7.76. The third kappa shape index (κ3) is 5.09. The van der Waals surface area contributed by atoms with E-state index >= 15 is 0 Å². The summed E-state index contributed by atoms with van der Waals surface area (Å²) in [5.74, 6) is 1.48. The Balaban J connectivity index is 1.43. The normalized spacial score (nSPS) is 14.1. The number of hydrogen-bond acceptors (Lipinski definition) is 6. The maximum absolute atomic E-state index is 13.9. The van der Waals surface area contributed by atoms with Crippen LogP contribution in [0.3, 0.4) is 0 Å². The van der Waals surface area contributed by atoms with Crippen molar-refractivity contribution in [3.63, 3.8) is 0 Å². The molecule has 9 heteroatoms. The summed E-state index contributed by atoms with van der Waals surface area (Å²) in [7, 11) is 0. The summed E-state index contributed by atoms with van der Waals surface area (Å²) in [4.78, 5) is 2.10. The fourth-order valence-electron chi connectivity index (χ4n) is 3.11. The second-order valence-electron chi connectivity index (χ2n) is 6.70. The van der Waals surface area contributed by atoms with Gasteiger partial charge in [0.2, 0.25) is 5.95 Å². The van der Waals surface area contributed by atoms with Gasteiger partial charge in [-0.25, -0.2) is 8.78 Å². The molecule has 4 rings (SSSR count). The first-order valence-electron chi connectivity index (χ1n) is 9.76. The van der Waals surface area contributed by atoms with Crippen LogP contribution < -0.4 is 9.64 Å². The van der Waals surface area contributed by atoms with Crippen LogP contribution in [-0.4, -0.2) is 53.4 Å². The van der Waals surface area contributed by atoms with E-state index in [4.69, 9.17) is 9.47 Å². The van der Waals surface area contributed by atoms with Crippen LogP contribution in [0.4, 0.5) is 14.7 Å². The predicted octanol–water partition coefficient (Wildman–Crippen LogP) is 3.94. The van der Waals surface area contributed by atoms with E-state index in [1.165, 1.54) is 36.0 Å². The van der Waals surface area contributed by atoms with E-state index in [9.17, 15) is 8.78 Å². The maximum Gasteiger partial charge on any atom is 0.232 e. The molecule has 0 amide bonds. The van der Waals surface area contributed by atoms with Crippen LogP contribution in [0.15, 0.2) is 53.7 Å². The molecular weight excluding hydrogens is 410 g/mol. The lowest BCUT2D eigenvalue weighted by Crippen LogP contribution is -2.37. The minimum absolute atomic E-state index is 0.286. The van der Waals surface area contributed by atoms with E-state index in [2.05, 4.69) is 15.1 Å². The number of benzene rings is 2. The summed E-state index contributed by atoms with van der Waals surface area (Å²) >= 11 is 1.54. The van der Waals surface area contributed by atoms with Gasteiger partial charge in [-0.1, -0.05) is 17.8 Å². The van der Waals surface area contributed by atoms with Gasteiger partial charge in [0.1, 0.15) is 17.4 Å². The molecule has 1 aliphatic heterocycles. The zero-order valence-corrected chi connectivity index (χ0v) is 17.2. The summed E-state index contributed by atoms with van der Waals surface area (Å²) in [6, 6.07) is 12.4. The van der Waals surface area contributed by atoms with Gasteiger partial charge in [0.15, 0.2) is 5.16 Å². The summed E-state index contributed by atoms with van der Waals surface area (Å²) in [6.07, 6.45) is 0.769. The Morgan fingerprint density at radius 2 is 1.80 bits per heavy atom. The fourth-order valence-corrected chi connectivity index (χ4v) is 3.97. The zero-order valence-electron chi connectivity index (χ0n) is 16.3. The smallest absolute Gasteiger partial charge is 0.232 e. The molecule has 1 aliphatic rings. The highest BCUT2D eigenvalue weighted by Gasteiger charge is 2.22. The Morgan fingerprint density at radius 1 is 1.00 bits per heavy atom. The number of rotatable bonds is 8. The SMILES string of the molecule is Fc1ccc(OCCCSc2nnc(N3CCOCC3)n2-c2cccc(F)c2)cc1. The summed E-state index contributed by atoms with van der Waals surface area (Å²) in [5, 5.41) is 9.42. The standard InChI is InChI=1S/C21H22F2N4O2S/c22-16-5-7-19(8-6-16)29-11-2-14-30-21-25-24-20(26-9-12-28-13-10-26)27(21)18-4-1-3-17(23)15-18/h1,3-8,15H,2,9-14H2. The Kier molecular flexibility index (Phi) is 6.81. The van der Waals surface area contributed by atoms with Crippen molar-refractivity contribution in [1.29, 1.82) is 0 Å². The average molecular weight is 432 g/mol. The van der Waals surface area contributed by atoms with E-state index in [1.807, 2.05) is 10.6 Å². The summed E-state index contributed by atoms with van der Waals surface area (Å²) in [5.41, 5.74) is 0.687. The topological polar surface area (TPSA) is 52.4 Å². The van der Waals surface area contributed by atoms with Crippen molar-refractivity contribution in [2.45, 2.75) is 11.6 Å². The van der Waals surface area contributed by atoms with E-state index < -0.39 is 0 Å². The highest BCUT2D eigenvalue weighted by molar-refractivity contribution is 7.99. The number of aromatic nitrogens is 3. The molecule has 2 heterocycles. The first-order valence-corrected chi connectivity index (χ1v) is 10.7. The number of nitrogens with zero attached hydrogens (tertiary/aromatic N) is 4. The molecule has 0 saturated carbocycles. The second kappa shape index (κ2) is 9.90. The molecule has 0 N–H and O–H groups in total. The Bertz CT molecular complexity index is 962. The molecule has 3 aromatic rings. The van der Waals surface area contributed by atoms with E-state index in [0.717, 1.165) is 12.2 Å². The number of hydrogen-bond donors (Lipinski definition) is 0. The van der Waals surface area contributed by atoms with Gasteiger partial charge in [0.05, 0.1) is 25.5 Å². The Labute approximate surface area is 177 Å². The largest absolute Gasteiger partial charge is 0.494 e. The van der Waals surface area contributed by atoms with Crippen molar-refractivity contribution in [2.24, 2.45) is 0 Å². The van der Waals surface area contributed by atoms with Crippen LogP contribution in [0.2, 0.25) is 0 Å². The molecule has 0 aliphatic carbocycles. The van der Waals surface area contributed by atoms with Crippen LogP contribution in [0.25, 0.3) is 5.69 Å². The van der Waals surface area contributed by atoms with Crippen molar-refractivity contribution in [1.82, 2.24) is 14.8 Å². The summed E-state index contributed by atoms with van der Waals surface area (Å²) < 4.78 is 39.8. The molecule has 1 fully saturated rings. The molecule has 0 spiro atoms. The van der Waals surface area contributed by atoms with E-state index in [-0.39, 0.29) is 11.6 Å². The first-order chi connectivity index (χ1) is 14.7.